The molecule has 7 nitrogen and oxygen atoms in total. The third kappa shape index (κ3) is 9.84. The molecule has 0 bridgehead atoms. The third-order valence-electron chi connectivity index (χ3n) is 6.89. The van der Waals surface area contributed by atoms with Gasteiger partial charge in [-0.2, -0.15) is 5.10 Å². The lowest BCUT2D eigenvalue weighted by molar-refractivity contribution is -0.137. The summed E-state index contributed by atoms with van der Waals surface area (Å²) in [6.45, 7) is 2.20. The van der Waals surface area contributed by atoms with E-state index >= 15 is 0 Å². The van der Waals surface area contributed by atoms with Gasteiger partial charge in [-0.1, -0.05) is 58.3 Å². The van der Waals surface area contributed by atoms with Crippen LogP contribution in [-0.4, -0.2) is 39.1 Å². The molecule has 7 heteroatoms. The molecule has 0 heterocycles. The van der Waals surface area contributed by atoms with Gasteiger partial charge in [0.05, 0.1) is 17.4 Å². The van der Waals surface area contributed by atoms with Gasteiger partial charge in [-0.05, 0) is 62.3 Å². The van der Waals surface area contributed by atoms with E-state index < -0.39 is 11.9 Å². The number of hydrazone groups is 1. The van der Waals surface area contributed by atoms with Gasteiger partial charge in [-0.25, -0.2) is 4.79 Å². The van der Waals surface area contributed by atoms with Crippen molar-refractivity contribution in [3.63, 3.8) is 0 Å². The molecule has 1 saturated carbocycles. The average Bonchev–Trinajstić information content (AvgIpc) is 3.22. The van der Waals surface area contributed by atoms with Crippen molar-refractivity contribution < 1.29 is 24.9 Å². The van der Waals surface area contributed by atoms with Crippen LogP contribution in [0.5, 0.6) is 0 Å². The summed E-state index contributed by atoms with van der Waals surface area (Å²) >= 11 is 0. The van der Waals surface area contributed by atoms with Crippen LogP contribution in [0.15, 0.2) is 29.4 Å². The van der Waals surface area contributed by atoms with Crippen LogP contribution in [-0.2, 0) is 4.79 Å². The van der Waals surface area contributed by atoms with Crippen molar-refractivity contribution in [2.75, 3.05) is 5.43 Å². The molecule has 1 aliphatic rings. The highest BCUT2D eigenvalue weighted by molar-refractivity contribution is 5.90. The van der Waals surface area contributed by atoms with E-state index in [0.29, 0.717) is 6.42 Å². The van der Waals surface area contributed by atoms with E-state index in [9.17, 15) is 14.7 Å². The third-order valence-corrected chi connectivity index (χ3v) is 6.89. The number of hydrogen-bond acceptors (Lipinski definition) is 5. The van der Waals surface area contributed by atoms with Gasteiger partial charge in [0.1, 0.15) is 0 Å². The normalized spacial score (nSPS) is 19.9. The fraction of sp³-hybridized carbons (Fsp3) is 0.667. The summed E-state index contributed by atoms with van der Waals surface area (Å²) in [5.41, 5.74) is 5.13. The standard InChI is InChI=1S/C27H42N2O5/c1-2-3-4-5-9-12-25(30)23-18-19-24(22(23)11-8-6-7-10-13-26(31)32)29-28-21-16-14-20(15-17-21)27(33)34/h14-17,22-23,25,28,30H,2-13,18-19H2,1H3,(H,31,32)(H,33,34)/b29-24+/t22-,23+,25?/m1/s1. The molecule has 0 aromatic heterocycles. The number of unbranched alkanes of at least 4 members (excludes halogenated alkanes) is 7. The van der Waals surface area contributed by atoms with Crippen molar-refractivity contribution in [2.24, 2.45) is 16.9 Å². The van der Waals surface area contributed by atoms with Crippen molar-refractivity contribution in [1.29, 1.82) is 0 Å². The highest BCUT2D eigenvalue weighted by Gasteiger charge is 2.36. The van der Waals surface area contributed by atoms with Gasteiger partial charge in [-0.15, -0.1) is 0 Å². The Morgan fingerprint density at radius 1 is 1.00 bits per heavy atom. The van der Waals surface area contributed by atoms with Crippen molar-refractivity contribution in [3.8, 4) is 0 Å². The van der Waals surface area contributed by atoms with E-state index in [1.807, 2.05) is 0 Å². The number of hydrogen-bond donors (Lipinski definition) is 4. The molecular weight excluding hydrogens is 432 g/mol. The second-order valence-electron chi connectivity index (χ2n) is 9.52. The van der Waals surface area contributed by atoms with Crippen LogP contribution in [0.3, 0.4) is 0 Å². The summed E-state index contributed by atoms with van der Waals surface area (Å²) in [6, 6.07) is 6.53. The summed E-state index contributed by atoms with van der Waals surface area (Å²) in [6.07, 6.45) is 13.0. The number of carboxylic acid groups (broad SMARTS) is 2. The van der Waals surface area contributed by atoms with E-state index in [2.05, 4.69) is 17.5 Å². The Morgan fingerprint density at radius 3 is 2.35 bits per heavy atom. The van der Waals surface area contributed by atoms with Crippen molar-refractivity contribution >= 4 is 23.3 Å². The highest BCUT2D eigenvalue weighted by Crippen LogP contribution is 2.37. The van der Waals surface area contributed by atoms with Gasteiger partial charge in [-0.3, -0.25) is 10.2 Å². The Bertz CT molecular complexity index is 778. The van der Waals surface area contributed by atoms with Gasteiger partial charge < -0.3 is 15.3 Å². The zero-order chi connectivity index (χ0) is 24.8. The van der Waals surface area contributed by atoms with Crippen LogP contribution in [0.4, 0.5) is 5.69 Å². The first-order chi connectivity index (χ1) is 16.4. The number of nitrogens with zero attached hydrogens (tertiary/aromatic N) is 1. The fourth-order valence-electron chi connectivity index (χ4n) is 4.92. The summed E-state index contributed by atoms with van der Waals surface area (Å²) in [7, 11) is 0. The Morgan fingerprint density at radius 2 is 1.68 bits per heavy atom. The number of anilines is 1. The van der Waals surface area contributed by atoms with E-state index in [4.69, 9.17) is 10.2 Å². The maximum Gasteiger partial charge on any atom is 0.335 e. The Labute approximate surface area is 203 Å². The molecular formula is C27H42N2O5. The summed E-state index contributed by atoms with van der Waals surface area (Å²) in [5, 5.41) is 33.5. The van der Waals surface area contributed by atoms with Gasteiger partial charge in [0.25, 0.3) is 0 Å². The zero-order valence-corrected chi connectivity index (χ0v) is 20.5. The predicted octanol–water partition coefficient (Wildman–Crippen LogP) is 6.33. The predicted molar refractivity (Wildman–Crippen MR) is 135 cm³/mol. The topological polar surface area (TPSA) is 119 Å². The molecule has 34 heavy (non-hydrogen) atoms. The summed E-state index contributed by atoms with van der Waals surface area (Å²) in [5.74, 6) is -1.27. The summed E-state index contributed by atoms with van der Waals surface area (Å²) < 4.78 is 0. The van der Waals surface area contributed by atoms with Gasteiger partial charge in [0, 0.05) is 18.1 Å². The van der Waals surface area contributed by atoms with E-state index in [1.165, 1.54) is 25.7 Å². The number of carboxylic acids is 2. The van der Waals surface area contributed by atoms with E-state index in [-0.39, 0.29) is 29.9 Å². The lowest BCUT2D eigenvalue weighted by Crippen LogP contribution is -2.27. The Kier molecular flexibility index (Phi) is 12.7. The largest absolute Gasteiger partial charge is 0.481 e. The second kappa shape index (κ2) is 15.5. The molecule has 4 N–H and O–H groups in total. The molecule has 1 fully saturated rings. The molecule has 1 unspecified atom stereocenters. The molecule has 0 saturated heterocycles. The molecule has 1 aromatic rings. The van der Waals surface area contributed by atoms with Crippen LogP contribution in [0.2, 0.25) is 0 Å². The average molecular weight is 475 g/mol. The monoisotopic (exact) mass is 474 g/mol. The number of benzene rings is 1. The maximum absolute atomic E-state index is 11.0. The minimum Gasteiger partial charge on any atom is -0.481 e. The van der Waals surface area contributed by atoms with Gasteiger partial charge in [0.2, 0.25) is 0 Å². The molecule has 0 radical (unpaired) electrons. The fourth-order valence-corrected chi connectivity index (χ4v) is 4.92. The lowest BCUT2D eigenvalue weighted by atomic mass is 9.84. The lowest BCUT2D eigenvalue weighted by Gasteiger charge is -2.25. The minimum absolute atomic E-state index is 0.208. The number of carbonyl (C=O) groups is 2. The molecule has 190 valence electrons. The zero-order valence-electron chi connectivity index (χ0n) is 20.5. The molecule has 2 rings (SSSR count). The Balaban J connectivity index is 1.95. The smallest absolute Gasteiger partial charge is 0.335 e. The first-order valence-electron chi connectivity index (χ1n) is 13.0. The molecule has 1 aliphatic carbocycles. The van der Waals surface area contributed by atoms with Crippen molar-refractivity contribution in [3.05, 3.63) is 29.8 Å². The van der Waals surface area contributed by atoms with Crippen LogP contribution in [0.1, 0.15) is 107 Å². The SMILES string of the molecule is CCCCCCCC(O)[C@H]1CC/C(=N\Nc2ccc(C(=O)O)cc2)[C@@H]1CCCCCCC(=O)O. The molecule has 3 atom stereocenters. The quantitative estimate of drug-likeness (QED) is 0.155. The molecule has 0 amide bonds. The summed E-state index contributed by atoms with van der Waals surface area (Å²) in [4.78, 5) is 21.8. The number of aliphatic hydroxyl groups is 1. The minimum atomic E-state index is -0.955. The first-order valence-corrected chi connectivity index (χ1v) is 13.0. The second-order valence-corrected chi connectivity index (χ2v) is 9.52. The number of aromatic carboxylic acids is 1. The van der Waals surface area contributed by atoms with Crippen molar-refractivity contribution in [1.82, 2.24) is 0 Å². The first kappa shape index (κ1) is 27.8. The number of aliphatic hydroxyl groups excluding tert-OH is 1. The molecule has 0 aliphatic heterocycles. The molecule has 1 aromatic carbocycles. The number of rotatable bonds is 17. The highest BCUT2D eigenvalue weighted by atomic mass is 16.4. The van der Waals surface area contributed by atoms with Crippen molar-refractivity contribution in [2.45, 2.75) is 103 Å². The van der Waals surface area contributed by atoms with Crippen LogP contribution in [0, 0.1) is 11.8 Å². The molecule has 0 spiro atoms. The maximum atomic E-state index is 11.0. The Hall–Kier alpha value is -2.41. The van der Waals surface area contributed by atoms with Crippen LogP contribution in [0.25, 0.3) is 0 Å². The number of nitrogens with one attached hydrogen (secondary N) is 1. The van der Waals surface area contributed by atoms with Gasteiger partial charge >= 0.3 is 11.9 Å². The number of aliphatic carboxylic acids is 1. The van der Waals surface area contributed by atoms with Crippen LogP contribution < -0.4 is 5.43 Å². The van der Waals surface area contributed by atoms with Crippen LogP contribution >= 0.6 is 0 Å². The van der Waals surface area contributed by atoms with E-state index in [1.54, 1.807) is 24.3 Å². The van der Waals surface area contributed by atoms with E-state index in [0.717, 1.165) is 62.8 Å². The van der Waals surface area contributed by atoms with Gasteiger partial charge in [0.15, 0.2) is 0 Å².